The largest absolute Gasteiger partial charge is 0.364 e. The third-order valence-corrected chi connectivity index (χ3v) is 3.81. The molecule has 0 saturated carbocycles. The van der Waals surface area contributed by atoms with Gasteiger partial charge in [-0.05, 0) is 44.2 Å². The molecular weight excluding hydrogens is 318 g/mol. The smallest absolute Gasteiger partial charge is 0.272 e. The van der Waals surface area contributed by atoms with E-state index in [2.05, 4.69) is 10.4 Å². The van der Waals surface area contributed by atoms with Crippen molar-refractivity contribution < 1.29 is 9.59 Å². The second kappa shape index (κ2) is 6.64. The van der Waals surface area contributed by atoms with Crippen molar-refractivity contribution in [1.29, 1.82) is 0 Å². The number of carbonyl (C=O) groups is 2. The lowest BCUT2D eigenvalue weighted by Crippen LogP contribution is -2.19. The molecule has 2 aromatic heterocycles. The molecule has 128 valence electrons. The molecule has 0 aliphatic heterocycles. The Kier molecular flexibility index (Phi) is 4.38. The molecule has 3 aromatic rings. The summed E-state index contributed by atoms with van der Waals surface area (Å²) in [7, 11) is 0. The fraction of sp³-hybridized carbons (Fsp3) is 0.167. The Labute approximate surface area is 145 Å². The first-order valence-corrected chi connectivity index (χ1v) is 7.90. The molecule has 0 aliphatic carbocycles. The zero-order valence-corrected chi connectivity index (χ0v) is 14.0. The minimum atomic E-state index is -0.602. The lowest BCUT2D eigenvalue weighted by Gasteiger charge is -2.14. The van der Waals surface area contributed by atoms with Crippen LogP contribution in [0.15, 0.2) is 54.9 Å². The molecule has 0 fully saturated rings. The molecule has 0 aliphatic rings. The summed E-state index contributed by atoms with van der Waals surface area (Å²) in [5.74, 6) is -0.816. The zero-order chi connectivity index (χ0) is 18.0. The van der Waals surface area contributed by atoms with Crippen molar-refractivity contribution in [3.8, 4) is 5.69 Å². The Morgan fingerprint density at radius 1 is 1.08 bits per heavy atom. The number of nitrogens with zero attached hydrogens (tertiary/aromatic N) is 3. The number of rotatable bonds is 5. The van der Waals surface area contributed by atoms with E-state index >= 15 is 0 Å². The summed E-state index contributed by atoms with van der Waals surface area (Å²) in [5, 5.41) is 7.05. The maximum atomic E-state index is 12.7. The number of hydrogen-bond acceptors (Lipinski definition) is 3. The van der Waals surface area contributed by atoms with Gasteiger partial charge in [-0.25, -0.2) is 4.68 Å². The molecule has 0 spiro atoms. The van der Waals surface area contributed by atoms with Crippen LogP contribution in [0.25, 0.3) is 5.69 Å². The molecule has 2 amide bonds. The molecule has 7 nitrogen and oxygen atoms in total. The van der Waals surface area contributed by atoms with Crippen LogP contribution in [0.5, 0.6) is 0 Å². The van der Waals surface area contributed by atoms with E-state index in [1.807, 2.05) is 42.8 Å². The number of nitrogens with one attached hydrogen (secondary N) is 1. The predicted octanol–water partition coefficient (Wildman–Crippen LogP) is 2.61. The van der Waals surface area contributed by atoms with Gasteiger partial charge in [0.05, 0.1) is 11.4 Å². The average molecular weight is 337 g/mol. The summed E-state index contributed by atoms with van der Waals surface area (Å²) in [5.41, 5.74) is 7.21. The van der Waals surface area contributed by atoms with Crippen LogP contribution >= 0.6 is 0 Å². The normalized spacial score (nSPS) is 10.8. The molecule has 3 N–H and O–H groups in total. The van der Waals surface area contributed by atoms with Gasteiger partial charge in [-0.3, -0.25) is 9.59 Å². The van der Waals surface area contributed by atoms with Crippen molar-refractivity contribution in [1.82, 2.24) is 14.3 Å². The van der Waals surface area contributed by atoms with Gasteiger partial charge in [-0.15, -0.1) is 0 Å². The highest BCUT2D eigenvalue weighted by Gasteiger charge is 2.15. The first-order chi connectivity index (χ1) is 12.0. The number of benzene rings is 1. The molecule has 3 rings (SSSR count). The Morgan fingerprint density at radius 3 is 2.52 bits per heavy atom. The topological polar surface area (TPSA) is 94.9 Å². The summed E-state index contributed by atoms with van der Waals surface area (Å²) in [6.45, 7) is 4.03. The van der Waals surface area contributed by atoms with E-state index in [-0.39, 0.29) is 17.6 Å². The highest BCUT2D eigenvalue weighted by Crippen LogP contribution is 2.21. The van der Waals surface area contributed by atoms with Crippen LogP contribution in [0.3, 0.4) is 0 Å². The minimum Gasteiger partial charge on any atom is -0.364 e. The van der Waals surface area contributed by atoms with Crippen molar-refractivity contribution in [2.24, 2.45) is 5.73 Å². The fourth-order valence-electron chi connectivity index (χ4n) is 2.59. The molecule has 25 heavy (non-hydrogen) atoms. The lowest BCUT2D eigenvalue weighted by molar-refractivity contribution is 0.0991. The van der Waals surface area contributed by atoms with Crippen molar-refractivity contribution >= 4 is 17.5 Å². The van der Waals surface area contributed by atoms with Crippen molar-refractivity contribution in [2.75, 3.05) is 5.32 Å². The molecule has 1 aromatic carbocycles. The van der Waals surface area contributed by atoms with E-state index in [0.717, 1.165) is 0 Å². The zero-order valence-electron chi connectivity index (χ0n) is 14.0. The van der Waals surface area contributed by atoms with Gasteiger partial charge in [0.15, 0.2) is 0 Å². The van der Waals surface area contributed by atoms with Crippen LogP contribution in [0.1, 0.15) is 40.9 Å². The van der Waals surface area contributed by atoms with Crippen molar-refractivity contribution in [3.63, 3.8) is 0 Å². The van der Waals surface area contributed by atoms with Gasteiger partial charge in [0, 0.05) is 18.4 Å². The fourth-order valence-corrected chi connectivity index (χ4v) is 2.59. The Bertz CT molecular complexity index is 923. The van der Waals surface area contributed by atoms with Gasteiger partial charge in [-0.2, -0.15) is 5.10 Å². The van der Waals surface area contributed by atoms with Crippen LogP contribution in [-0.4, -0.2) is 26.2 Å². The highest BCUT2D eigenvalue weighted by atomic mass is 16.2. The first kappa shape index (κ1) is 16.5. The van der Waals surface area contributed by atoms with E-state index in [0.29, 0.717) is 17.1 Å². The molecule has 7 heteroatoms. The summed E-state index contributed by atoms with van der Waals surface area (Å²) in [4.78, 5) is 23.9. The number of amides is 2. The lowest BCUT2D eigenvalue weighted by atomic mass is 10.2. The second-order valence-electron chi connectivity index (χ2n) is 5.88. The van der Waals surface area contributed by atoms with Crippen LogP contribution < -0.4 is 11.1 Å². The SMILES string of the molecule is CC(C)n1cccc1C(=O)Nc1ccccc1-n1ccc(C(N)=O)n1. The number of carbonyl (C=O) groups excluding carboxylic acids is 2. The van der Waals surface area contributed by atoms with Gasteiger partial charge in [0.25, 0.3) is 11.8 Å². The maximum absolute atomic E-state index is 12.7. The van der Waals surface area contributed by atoms with E-state index in [1.165, 1.54) is 10.7 Å². The van der Waals surface area contributed by atoms with Crippen LogP contribution in [0, 0.1) is 0 Å². The molecular formula is C18H19N5O2. The summed E-state index contributed by atoms with van der Waals surface area (Å²) in [6, 6.07) is 12.5. The maximum Gasteiger partial charge on any atom is 0.272 e. The van der Waals surface area contributed by atoms with E-state index in [4.69, 9.17) is 5.73 Å². The van der Waals surface area contributed by atoms with E-state index < -0.39 is 5.91 Å². The molecule has 0 unspecified atom stereocenters. The number of primary amides is 1. The molecule has 0 atom stereocenters. The molecule has 0 bridgehead atoms. The van der Waals surface area contributed by atoms with Crippen LogP contribution in [0.4, 0.5) is 5.69 Å². The van der Waals surface area contributed by atoms with Gasteiger partial charge in [0.2, 0.25) is 0 Å². The Balaban J connectivity index is 1.92. The Morgan fingerprint density at radius 2 is 1.84 bits per heavy atom. The summed E-state index contributed by atoms with van der Waals surface area (Å²) in [6.07, 6.45) is 3.50. The second-order valence-corrected chi connectivity index (χ2v) is 5.88. The summed E-state index contributed by atoms with van der Waals surface area (Å²) >= 11 is 0. The van der Waals surface area contributed by atoms with Gasteiger partial charge in [-0.1, -0.05) is 12.1 Å². The van der Waals surface area contributed by atoms with Gasteiger partial charge >= 0.3 is 0 Å². The monoisotopic (exact) mass is 337 g/mol. The average Bonchev–Trinajstić information content (AvgIpc) is 3.25. The van der Waals surface area contributed by atoms with Crippen LogP contribution in [0.2, 0.25) is 0 Å². The molecule has 0 radical (unpaired) electrons. The number of hydrogen-bond donors (Lipinski definition) is 2. The number of para-hydroxylation sites is 2. The highest BCUT2D eigenvalue weighted by molar-refractivity contribution is 6.04. The van der Waals surface area contributed by atoms with Gasteiger partial charge < -0.3 is 15.6 Å². The third kappa shape index (κ3) is 3.30. The summed E-state index contributed by atoms with van der Waals surface area (Å²) < 4.78 is 3.41. The van der Waals surface area contributed by atoms with E-state index in [9.17, 15) is 9.59 Å². The van der Waals surface area contributed by atoms with Gasteiger partial charge in [0.1, 0.15) is 11.4 Å². The molecule has 0 saturated heterocycles. The Hall–Kier alpha value is -3.35. The standard InChI is InChI=1S/C18H19N5O2/c1-12(2)22-10-5-8-16(22)18(25)20-13-6-3-4-7-15(13)23-11-9-14(21-23)17(19)24/h3-12H,1-2H3,(H2,19,24)(H,20,25). The van der Waals surface area contributed by atoms with E-state index in [1.54, 1.807) is 24.4 Å². The minimum absolute atomic E-state index is 0.162. The predicted molar refractivity (Wildman–Crippen MR) is 94.9 cm³/mol. The van der Waals surface area contributed by atoms with Crippen molar-refractivity contribution in [3.05, 3.63) is 66.2 Å². The first-order valence-electron chi connectivity index (χ1n) is 7.90. The quantitative estimate of drug-likeness (QED) is 0.749. The molecule has 2 heterocycles. The number of nitrogens with two attached hydrogens (primary N) is 1. The third-order valence-electron chi connectivity index (χ3n) is 3.81. The number of anilines is 1. The van der Waals surface area contributed by atoms with Crippen molar-refractivity contribution in [2.45, 2.75) is 19.9 Å². The number of aromatic nitrogens is 3. The van der Waals surface area contributed by atoms with Crippen LogP contribution in [-0.2, 0) is 0 Å².